The Bertz CT molecular complexity index is 510. The highest BCUT2D eigenvalue weighted by molar-refractivity contribution is 5.32. The van der Waals surface area contributed by atoms with Crippen LogP contribution in [0, 0.1) is 17.0 Å². The smallest absolute Gasteiger partial charge is 0.258 e. The topological polar surface area (TPSA) is 86.3 Å². The van der Waals surface area contributed by atoms with E-state index in [9.17, 15) is 10.1 Å². The van der Waals surface area contributed by atoms with E-state index in [0.29, 0.717) is 10.9 Å². The molecule has 7 nitrogen and oxygen atoms in total. The maximum absolute atomic E-state index is 10.6. The first kappa shape index (κ1) is 8.42. The predicted octanol–water partition coefficient (Wildman–Crippen LogP) is -0.0658. The van der Waals surface area contributed by atoms with Gasteiger partial charge in [-0.25, -0.2) is 0 Å². The molecule has 0 bridgehead atoms. The highest BCUT2D eigenvalue weighted by Crippen LogP contribution is 2.05. The molecule has 0 aromatic heterocycles. The Hall–Kier alpha value is -2.18. The van der Waals surface area contributed by atoms with E-state index in [-0.39, 0.29) is 11.0 Å². The normalized spacial score (nSPS) is 12.6. The monoisotopic (exact) mass is 195 g/mol. The van der Waals surface area contributed by atoms with Gasteiger partial charge in [0.05, 0.1) is 4.92 Å². The number of fused-ring (bicyclic) bond motifs is 1. The van der Waals surface area contributed by atoms with E-state index >= 15 is 0 Å². The van der Waals surface area contributed by atoms with E-state index in [0.717, 1.165) is 0 Å². The zero-order valence-electron chi connectivity index (χ0n) is 7.13. The van der Waals surface area contributed by atoms with Crippen molar-refractivity contribution in [1.29, 1.82) is 0 Å². The lowest BCUT2D eigenvalue weighted by Gasteiger charge is -1.99. The lowest BCUT2D eigenvalue weighted by atomic mass is 10.2. The van der Waals surface area contributed by atoms with Crippen LogP contribution in [-0.2, 0) is 9.98 Å². The van der Waals surface area contributed by atoms with Crippen LogP contribution in [0.5, 0.6) is 0 Å². The van der Waals surface area contributed by atoms with E-state index < -0.39 is 4.92 Å². The largest absolute Gasteiger partial charge is 0.301 e. The van der Waals surface area contributed by atoms with Gasteiger partial charge in [0.15, 0.2) is 0 Å². The number of non-ortho nitro benzene ring substituents is 1. The molecule has 0 amide bonds. The second-order valence-electron chi connectivity index (χ2n) is 2.74. The van der Waals surface area contributed by atoms with Crippen LogP contribution in [0.15, 0.2) is 22.4 Å². The fourth-order valence-electron chi connectivity index (χ4n) is 1.15. The van der Waals surface area contributed by atoms with Crippen molar-refractivity contribution < 1.29 is 14.9 Å². The first-order valence-corrected chi connectivity index (χ1v) is 3.72. The number of benzene rings is 1. The summed E-state index contributed by atoms with van der Waals surface area (Å²) in [7, 11) is 0. The predicted molar refractivity (Wildman–Crippen MR) is 42.3 cm³/mol. The Morgan fingerprint density at radius 2 is 2.07 bits per heavy atom. The van der Waals surface area contributed by atoms with Crippen LogP contribution < -0.4 is 10.7 Å². The summed E-state index contributed by atoms with van der Waals surface area (Å²) in [5.41, 5.74) is 0.562. The van der Waals surface area contributed by atoms with Gasteiger partial charge in [-0.3, -0.25) is 10.1 Å². The zero-order chi connectivity index (χ0) is 10.1. The lowest BCUT2D eigenvalue weighted by Crippen LogP contribution is -2.31. The Balaban J connectivity index is 2.85. The average Bonchev–Trinajstić information content (AvgIpc) is 2.16. The van der Waals surface area contributed by atoms with Gasteiger partial charge in [0, 0.05) is 6.07 Å². The fraction of sp³-hybridized carbons (Fsp3) is 0.143. The number of rotatable bonds is 1. The Morgan fingerprint density at radius 1 is 1.36 bits per heavy atom. The van der Waals surface area contributed by atoms with Crippen LogP contribution in [0.4, 0.5) is 5.69 Å². The molecular weight excluding hydrogens is 190 g/mol. The third-order valence-electron chi connectivity index (χ3n) is 1.71. The van der Waals surface area contributed by atoms with Gasteiger partial charge in [-0.2, -0.15) is 0 Å². The SMILES string of the molecule is Cc1cc([N+](=O)[O-])c2c(c1)=NOON=2. The second-order valence-corrected chi connectivity index (χ2v) is 2.74. The molecule has 14 heavy (non-hydrogen) atoms. The number of hydrogen-bond acceptors (Lipinski definition) is 6. The summed E-state index contributed by atoms with van der Waals surface area (Å²) in [5.74, 6) is 0. The Labute approximate surface area is 77.3 Å². The van der Waals surface area contributed by atoms with Crippen LogP contribution in [0.25, 0.3) is 0 Å². The summed E-state index contributed by atoms with van der Waals surface area (Å²) < 4.78 is 0. The third kappa shape index (κ3) is 1.24. The molecule has 0 saturated heterocycles. The van der Waals surface area contributed by atoms with Gasteiger partial charge in [0.2, 0.25) is 5.36 Å². The second kappa shape index (κ2) is 2.95. The average molecular weight is 195 g/mol. The quantitative estimate of drug-likeness (QED) is 0.356. The standard InChI is InChI=1S/C7H5N3O4/c1-4-2-5-7(9-14-13-8-5)6(3-4)10(11)12/h2-3H,1H3. The summed E-state index contributed by atoms with van der Waals surface area (Å²) in [6, 6.07) is 3.01. The Kier molecular flexibility index (Phi) is 1.77. The van der Waals surface area contributed by atoms with E-state index in [1.807, 2.05) is 0 Å². The van der Waals surface area contributed by atoms with Crippen LogP contribution in [-0.4, -0.2) is 4.92 Å². The van der Waals surface area contributed by atoms with Crippen molar-refractivity contribution in [3.8, 4) is 0 Å². The van der Waals surface area contributed by atoms with Gasteiger partial charge >= 0.3 is 5.69 Å². The van der Waals surface area contributed by atoms with Crippen molar-refractivity contribution in [2.75, 3.05) is 0 Å². The van der Waals surface area contributed by atoms with Crippen molar-refractivity contribution in [3.63, 3.8) is 0 Å². The molecule has 0 saturated carbocycles. The van der Waals surface area contributed by atoms with E-state index in [2.05, 4.69) is 20.3 Å². The number of aryl methyl sites for hydroxylation is 1. The molecule has 72 valence electrons. The molecule has 0 atom stereocenters. The summed E-state index contributed by atoms with van der Waals surface area (Å²) in [6.07, 6.45) is 0. The zero-order valence-corrected chi connectivity index (χ0v) is 7.13. The Morgan fingerprint density at radius 3 is 2.79 bits per heavy atom. The number of nitro groups is 1. The number of nitro benzene ring substituents is 1. The molecule has 1 aliphatic rings. The summed E-state index contributed by atoms with van der Waals surface area (Å²) in [6.45, 7) is 1.72. The minimum atomic E-state index is -0.542. The maximum Gasteiger partial charge on any atom is 0.301 e. The molecule has 1 aliphatic heterocycles. The molecule has 7 heteroatoms. The van der Waals surface area contributed by atoms with Gasteiger partial charge in [-0.1, -0.05) is 0 Å². The van der Waals surface area contributed by atoms with Gasteiger partial charge in [-0.05, 0) is 28.9 Å². The highest BCUT2D eigenvalue weighted by atomic mass is 17.3. The first-order valence-electron chi connectivity index (χ1n) is 3.72. The molecule has 2 rings (SSSR count). The van der Waals surface area contributed by atoms with Crippen LogP contribution in [0.3, 0.4) is 0 Å². The summed E-state index contributed by atoms with van der Waals surface area (Å²) in [4.78, 5) is 18.5. The van der Waals surface area contributed by atoms with E-state index in [1.165, 1.54) is 6.07 Å². The van der Waals surface area contributed by atoms with Crippen LogP contribution in [0.1, 0.15) is 5.56 Å². The van der Waals surface area contributed by atoms with Gasteiger partial charge in [0.25, 0.3) is 0 Å². The summed E-state index contributed by atoms with van der Waals surface area (Å²) >= 11 is 0. The van der Waals surface area contributed by atoms with Crippen molar-refractivity contribution in [1.82, 2.24) is 0 Å². The fourth-order valence-corrected chi connectivity index (χ4v) is 1.15. The molecule has 0 spiro atoms. The summed E-state index contributed by atoms with van der Waals surface area (Å²) in [5, 5.41) is 17.9. The van der Waals surface area contributed by atoms with Crippen molar-refractivity contribution >= 4 is 5.69 Å². The van der Waals surface area contributed by atoms with Gasteiger partial charge in [0.1, 0.15) is 5.36 Å². The molecule has 0 unspecified atom stereocenters. The molecule has 0 fully saturated rings. The van der Waals surface area contributed by atoms with Crippen LogP contribution in [0.2, 0.25) is 0 Å². The minimum absolute atomic E-state index is 0.0758. The molecular formula is C7H5N3O4. The molecule has 1 heterocycles. The lowest BCUT2D eigenvalue weighted by molar-refractivity contribution is -0.388. The number of nitrogens with zero attached hydrogens (tertiary/aromatic N) is 3. The van der Waals surface area contributed by atoms with Crippen molar-refractivity contribution in [2.45, 2.75) is 6.92 Å². The van der Waals surface area contributed by atoms with Crippen molar-refractivity contribution in [2.24, 2.45) is 10.3 Å². The van der Waals surface area contributed by atoms with Crippen LogP contribution >= 0.6 is 0 Å². The first-order chi connectivity index (χ1) is 6.68. The minimum Gasteiger partial charge on any atom is -0.258 e. The van der Waals surface area contributed by atoms with Gasteiger partial charge < -0.3 is 0 Å². The van der Waals surface area contributed by atoms with E-state index in [4.69, 9.17) is 0 Å². The van der Waals surface area contributed by atoms with Gasteiger partial charge in [-0.15, -0.1) is 9.98 Å². The molecule has 0 aliphatic carbocycles. The van der Waals surface area contributed by atoms with Crippen molar-refractivity contribution in [3.05, 3.63) is 38.5 Å². The third-order valence-corrected chi connectivity index (χ3v) is 1.71. The highest BCUT2D eigenvalue weighted by Gasteiger charge is 2.15. The molecule has 0 radical (unpaired) electrons. The van der Waals surface area contributed by atoms with E-state index in [1.54, 1.807) is 13.0 Å². The molecule has 1 aromatic rings. The number of hydrogen-bond donors (Lipinski definition) is 0. The molecule has 0 N–H and O–H groups in total. The maximum atomic E-state index is 10.6. The molecule has 1 aromatic carbocycles.